The van der Waals surface area contributed by atoms with Crippen molar-refractivity contribution in [1.82, 2.24) is 0 Å². The Morgan fingerprint density at radius 1 is 0.938 bits per heavy atom. The van der Waals surface area contributed by atoms with Crippen LogP contribution >= 0.6 is 0 Å². The number of carboxylic acid groups (broad SMARTS) is 2. The molecule has 0 aliphatic rings. The minimum absolute atomic E-state index is 0.190. The molecule has 0 saturated carbocycles. The summed E-state index contributed by atoms with van der Waals surface area (Å²) in [5, 5.41) is 17.1. The minimum atomic E-state index is -3.58. The second-order valence-electron chi connectivity index (χ2n) is 2.44. The summed E-state index contributed by atoms with van der Waals surface area (Å²) < 4.78 is 23.2. The molecule has 4 N–H and O–H groups in total. The van der Waals surface area contributed by atoms with Gasteiger partial charge in [0, 0.05) is 0 Å². The van der Waals surface area contributed by atoms with E-state index in [-0.39, 0.29) is 11.1 Å². The molecule has 0 spiro atoms. The van der Waals surface area contributed by atoms with Crippen molar-refractivity contribution in [3.05, 3.63) is 35.4 Å². The van der Waals surface area contributed by atoms with Crippen LogP contribution in [0.3, 0.4) is 0 Å². The van der Waals surface area contributed by atoms with E-state index in [2.05, 4.69) is 0 Å². The van der Waals surface area contributed by atoms with E-state index in [4.69, 9.17) is 20.9 Å². The van der Waals surface area contributed by atoms with Gasteiger partial charge >= 0.3 is 41.3 Å². The number of hydrogen-bond donors (Lipinski definition) is 4. The van der Waals surface area contributed by atoms with Gasteiger partial charge in [-0.2, -0.15) is 0 Å². The summed E-state index contributed by atoms with van der Waals surface area (Å²) >= 11 is -3.58. The standard InChI is InChI=1S/C8H6O4.2H2O.O.Ti/c9-7(10)5-3-1-2-4-6(5)8(11)12;;;;/h1-4H,(H,9,10)(H,11,12);2*1H2;;/q;;;;+2/p-2. The van der Waals surface area contributed by atoms with E-state index < -0.39 is 30.6 Å². The molecule has 0 heterocycles. The summed E-state index contributed by atoms with van der Waals surface area (Å²) in [4.78, 5) is 20.9. The predicted molar refractivity (Wildman–Crippen MR) is 45.5 cm³/mol. The molecule has 0 aliphatic carbocycles. The molecule has 0 saturated heterocycles. The number of hydrogen-bond acceptors (Lipinski definition) is 3. The van der Waals surface area contributed by atoms with E-state index in [0.29, 0.717) is 0 Å². The van der Waals surface area contributed by atoms with Crippen LogP contribution in [0.1, 0.15) is 20.7 Å². The first kappa shape index (κ1) is 14.6. The van der Waals surface area contributed by atoms with Crippen LogP contribution in [0.4, 0.5) is 0 Å². The van der Waals surface area contributed by atoms with Crippen molar-refractivity contribution >= 4 is 11.9 Å². The van der Waals surface area contributed by atoms with Crippen molar-refractivity contribution in [2.45, 2.75) is 0 Å². The SMILES string of the molecule is O=C(O)c1ccccc1C(=O)O.[O]=[Ti]([OH])[OH]. The van der Waals surface area contributed by atoms with E-state index in [1.807, 2.05) is 0 Å². The van der Waals surface area contributed by atoms with Crippen molar-refractivity contribution in [2.75, 3.05) is 0 Å². The predicted octanol–water partition coefficient (Wildman–Crippen LogP) is -0.152. The van der Waals surface area contributed by atoms with E-state index >= 15 is 0 Å². The molecule has 0 aliphatic heterocycles. The van der Waals surface area contributed by atoms with Crippen LogP contribution in [-0.4, -0.2) is 29.5 Å². The van der Waals surface area contributed by atoms with Gasteiger partial charge in [-0.25, -0.2) is 9.59 Å². The molecule has 1 aromatic carbocycles. The van der Waals surface area contributed by atoms with Crippen LogP contribution in [0, 0.1) is 0 Å². The van der Waals surface area contributed by atoms with Gasteiger partial charge in [0.15, 0.2) is 0 Å². The number of benzene rings is 1. The van der Waals surface area contributed by atoms with E-state index in [0.717, 1.165) is 0 Å². The molecule has 8 heteroatoms. The molecule has 1 aromatic rings. The number of aromatic carboxylic acids is 2. The summed E-state index contributed by atoms with van der Waals surface area (Å²) in [6.45, 7) is 0. The normalized spacial score (nSPS) is 8.62. The summed E-state index contributed by atoms with van der Waals surface area (Å²) in [7, 11) is 0. The molecule has 0 aromatic heterocycles. The summed E-state index contributed by atoms with van der Waals surface area (Å²) in [6.07, 6.45) is 0. The second kappa shape index (κ2) is 6.97. The van der Waals surface area contributed by atoms with Gasteiger partial charge in [0.25, 0.3) is 0 Å². The third-order valence-corrected chi connectivity index (χ3v) is 1.39. The van der Waals surface area contributed by atoms with Gasteiger partial charge in [0.2, 0.25) is 0 Å². The molecule has 0 fully saturated rings. The van der Waals surface area contributed by atoms with Crippen LogP contribution in [-0.2, 0) is 21.9 Å². The molecule has 7 nitrogen and oxygen atoms in total. The first-order chi connectivity index (χ1) is 7.36. The Morgan fingerprint density at radius 3 is 1.38 bits per heavy atom. The molecule has 0 unspecified atom stereocenters. The second-order valence-corrected chi connectivity index (χ2v) is 3.32. The van der Waals surface area contributed by atoms with Gasteiger partial charge in [-0.05, 0) is 12.1 Å². The Balaban J connectivity index is 0.000000487. The van der Waals surface area contributed by atoms with Crippen molar-refractivity contribution in [2.24, 2.45) is 0 Å². The van der Waals surface area contributed by atoms with Gasteiger partial charge in [-0.1, -0.05) is 12.1 Å². The molecule has 0 amide bonds. The summed E-state index contributed by atoms with van der Waals surface area (Å²) in [5.41, 5.74) is -0.380. The van der Waals surface area contributed by atoms with Crippen molar-refractivity contribution in [1.29, 1.82) is 0 Å². The molecule has 86 valence electrons. The fourth-order valence-electron chi connectivity index (χ4n) is 0.856. The number of carbonyl (C=O) groups is 2. The molecule has 0 atom stereocenters. The van der Waals surface area contributed by atoms with Gasteiger partial charge in [-0.15, -0.1) is 0 Å². The zero-order valence-electron chi connectivity index (χ0n) is 7.82. The quantitative estimate of drug-likeness (QED) is 0.546. The molecule has 16 heavy (non-hydrogen) atoms. The maximum atomic E-state index is 10.5. The maximum absolute atomic E-state index is 10.5. The van der Waals surface area contributed by atoms with E-state index in [1.165, 1.54) is 24.3 Å². The topological polar surface area (TPSA) is 132 Å². The Morgan fingerprint density at radius 2 is 1.19 bits per heavy atom. The summed E-state index contributed by atoms with van der Waals surface area (Å²) in [6, 6.07) is 5.48. The van der Waals surface area contributed by atoms with E-state index in [1.54, 1.807) is 0 Å². The van der Waals surface area contributed by atoms with Crippen molar-refractivity contribution in [3.63, 3.8) is 0 Å². The zero-order chi connectivity index (χ0) is 12.7. The van der Waals surface area contributed by atoms with Crippen molar-refractivity contribution in [3.8, 4) is 0 Å². The van der Waals surface area contributed by atoms with Crippen LogP contribution in [0.15, 0.2) is 24.3 Å². The third kappa shape index (κ3) is 5.47. The third-order valence-electron chi connectivity index (χ3n) is 1.39. The monoisotopic (exact) mass is 264 g/mol. The van der Waals surface area contributed by atoms with Gasteiger partial charge in [-0.3, -0.25) is 0 Å². The zero-order valence-corrected chi connectivity index (χ0v) is 9.38. The molecular formula is C8H8O7Ti. The van der Waals surface area contributed by atoms with Gasteiger partial charge in [0.05, 0.1) is 11.1 Å². The van der Waals surface area contributed by atoms with Gasteiger partial charge < -0.3 is 10.2 Å². The molecule has 0 bridgehead atoms. The molecule has 1 rings (SSSR count). The molecular weight excluding hydrogens is 256 g/mol. The Labute approximate surface area is 96.7 Å². The van der Waals surface area contributed by atoms with Crippen LogP contribution in [0.25, 0.3) is 0 Å². The number of rotatable bonds is 2. The first-order valence-electron chi connectivity index (χ1n) is 3.83. The average Bonchev–Trinajstić information content (AvgIpc) is 2.16. The van der Waals surface area contributed by atoms with Crippen molar-refractivity contribution < 1.29 is 49.1 Å². The van der Waals surface area contributed by atoms with Gasteiger partial charge in [0.1, 0.15) is 0 Å². The Bertz CT molecular complexity index is 378. The fourth-order valence-corrected chi connectivity index (χ4v) is 0.856. The Hall–Kier alpha value is -1.41. The Kier molecular flexibility index (Phi) is 6.35. The van der Waals surface area contributed by atoms with Crippen LogP contribution in [0.2, 0.25) is 0 Å². The first-order valence-corrected chi connectivity index (χ1v) is 5.87. The van der Waals surface area contributed by atoms with Crippen LogP contribution in [0.5, 0.6) is 0 Å². The fraction of sp³-hybridized carbons (Fsp3) is 0. The van der Waals surface area contributed by atoms with E-state index in [9.17, 15) is 9.59 Å². The molecule has 0 radical (unpaired) electrons. The van der Waals surface area contributed by atoms with Crippen LogP contribution < -0.4 is 0 Å². The number of carboxylic acids is 2. The summed E-state index contributed by atoms with van der Waals surface area (Å²) in [5.74, 6) is -2.46. The average molecular weight is 264 g/mol.